The van der Waals surface area contributed by atoms with Crippen molar-refractivity contribution in [3.05, 3.63) is 48.0 Å². The van der Waals surface area contributed by atoms with Crippen molar-refractivity contribution in [1.82, 2.24) is 0 Å². The molecular formula is C12H14O. The van der Waals surface area contributed by atoms with Gasteiger partial charge in [0.1, 0.15) is 0 Å². The minimum absolute atomic E-state index is 0.206. The van der Waals surface area contributed by atoms with Gasteiger partial charge in [0.25, 0.3) is 0 Å². The fraction of sp³-hybridized carbons (Fsp3) is 0.250. The van der Waals surface area contributed by atoms with Crippen LogP contribution in [0.25, 0.3) is 0 Å². The molecule has 0 amide bonds. The first-order valence-electron chi connectivity index (χ1n) is 4.51. The van der Waals surface area contributed by atoms with Crippen LogP contribution in [-0.2, 0) is 6.42 Å². The van der Waals surface area contributed by atoms with Crippen LogP contribution in [0.5, 0.6) is 0 Å². The summed E-state index contributed by atoms with van der Waals surface area (Å²) in [6.45, 7) is 5.55. The van der Waals surface area contributed by atoms with Crippen molar-refractivity contribution in [2.24, 2.45) is 0 Å². The van der Waals surface area contributed by atoms with Gasteiger partial charge in [-0.25, -0.2) is 0 Å². The Morgan fingerprint density at radius 3 is 2.77 bits per heavy atom. The van der Waals surface area contributed by atoms with E-state index in [-0.39, 0.29) is 5.78 Å². The zero-order chi connectivity index (χ0) is 9.68. The van der Waals surface area contributed by atoms with E-state index < -0.39 is 0 Å². The molecule has 0 unspecified atom stereocenters. The highest BCUT2D eigenvalue weighted by Gasteiger charge is 2.06. The zero-order valence-corrected chi connectivity index (χ0v) is 7.92. The molecule has 0 bridgehead atoms. The molecule has 0 aliphatic rings. The van der Waals surface area contributed by atoms with Gasteiger partial charge in [0, 0.05) is 12.0 Å². The molecule has 1 heteroatoms. The average Bonchev–Trinajstić information content (AvgIpc) is 2.18. The zero-order valence-electron chi connectivity index (χ0n) is 7.92. The Labute approximate surface area is 79.1 Å². The van der Waals surface area contributed by atoms with Gasteiger partial charge in [0.2, 0.25) is 0 Å². The normalized spacial score (nSPS) is 9.62. The summed E-state index contributed by atoms with van der Waals surface area (Å²) in [5.74, 6) is 0.206. The molecule has 68 valence electrons. The molecule has 0 spiro atoms. The molecule has 0 aromatic heterocycles. The van der Waals surface area contributed by atoms with Gasteiger partial charge in [-0.3, -0.25) is 4.79 Å². The summed E-state index contributed by atoms with van der Waals surface area (Å²) in [7, 11) is 0. The molecule has 0 radical (unpaired) electrons. The maximum Gasteiger partial charge on any atom is 0.162 e. The molecule has 13 heavy (non-hydrogen) atoms. The van der Waals surface area contributed by atoms with E-state index >= 15 is 0 Å². The lowest BCUT2D eigenvalue weighted by Gasteiger charge is -2.04. The lowest BCUT2D eigenvalue weighted by molar-refractivity contribution is 0.0987. The topological polar surface area (TPSA) is 17.1 Å². The predicted molar refractivity (Wildman–Crippen MR) is 55.0 cm³/mol. The lowest BCUT2D eigenvalue weighted by atomic mass is 10.00. The second kappa shape index (κ2) is 4.61. The number of benzene rings is 1. The third-order valence-corrected chi connectivity index (χ3v) is 2.00. The molecule has 1 nitrogen and oxygen atoms in total. The molecule has 1 aromatic rings. The second-order valence-electron chi connectivity index (χ2n) is 2.93. The van der Waals surface area contributed by atoms with Crippen LogP contribution in [0.3, 0.4) is 0 Å². The maximum absolute atomic E-state index is 11.5. The molecule has 0 saturated carbocycles. The van der Waals surface area contributed by atoms with Gasteiger partial charge in [-0.2, -0.15) is 0 Å². The number of hydrogen-bond donors (Lipinski definition) is 0. The van der Waals surface area contributed by atoms with Crippen molar-refractivity contribution in [1.29, 1.82) is 0 Å². The van der Waals surface area contributed by atoms with E-state index in [2.05, 4.69) is 6.58 Å². The fourth-order valence-electron chi connectivity index (χ4n) is 1.32. The van der Waals surface area contributed by atoms with E-state index in [0.717, 1.165) is 17.5 Å². The van der Waals surface area contributed by atoms with Crippen molar-refractivity contribution in [3.8, 4) is 0 Å². The van der Waals surface area contributed by atoms with E-state index in [4.69, 9.17) is 0 Å². The van der Waals surface area contributed by atoms with Crippen LogP contribution >= 0.6 is 0 Å². The number of Topliss-reactive ketones (excluding diaryl/α,β-unsaturated/α-hetero) is 1. The van der Waals surface area contributed by atoms with Crippen molar-refractivity contribution in [2.75, 3.05) is 0 Å². The molecule has 0 aliphatic carbocycles. The summed E-state index contributed by atoms with van der Waals surface area (Å²) in [6.07, 6.45) is 3.15. The van der Waals surface area contributed by atoms with Crippen LogP contribution in [0.2, 0.25) is 0 Å². The number of carbonyl (C=O) groups is 1. The van der Waals surface area contributed by atoms with Crippen LogP contribution in [-0.4, -0.2) is 5.78 Å². The Balaban J connectivity index is 3.03. The van der Waals surface area contributed by atoms with Crippen molar-refractivity contribution >= 4 is 5.78 Å². The lowest BCUT2D eigenvalue weighted by Crippen LogP contribution is -2.01. The second-order valence-corrected chi connectivity index (χ2v) is 2.93. The van der Waals surface area contributed by atoms with Gasteiger partial charge in [-0.15, -0.1) is 6.58 Å². The van der Waals surface area contributed by atoms with Crippen molar-refractivity contribution < 1.29 is 4.79 Å². The molecule has 1 aromatic carbocycles. The summed E-state index contributed by atoms with van der Waals surface area (Å²) in [4.78, 5) is 11.5. The highest BCUT2D eigenvalue weighted by atomic mass is 16.1. The van der Waals surface area contributed by atoms with E-state index in [1.165, 1.54) is 0 Å². The molecular weight excluding hydrogens is 160 g/mol. The van der Waals surface area contributed by atoms with E-state index in [1.54, 1.807) is 0 Å². The van der Waals surface area contributed by atoms with Gasteiger partial charge in [-0.05, 0) is 12.0 Å². The predicted octanol–water partition coefficient (Wildman–Crippen LogP) is 3.01. The minimum Gasteiger partial charge on any atom is -0.294 e. The number of carbonyl (C=O) groups excluding carboxylic acids is 1. The Kier molecular flexibility index (Phi) is 3.44. The van der Waals surface area contributed by atoms with Crippen molar-refractivity contribution in [2.45, 2.75) is 19.8 Å². The third-order valence-electron chi connectivity index (χ3n) is 2.00. The summed E-state index contributed by atoms with van der Waals surface area (Å²) in [5, 5.41) is 0. The molecule has 0 atom stereocenters. The highest BCUT2D eigenvalue weighted by Crippen LogP contribution is 2.11. The Bertz CT molecular complexity index is 313. The first kappa shape index (κ1) is 9.72. The molecule has 0 heterocycles. The highest BCUT2D eigenvalue weighted by molar-refractivity contribution is 5.97. The first-order valence-corrected chi connectivity index (χ1v) is 4.51. The Morgan fingerprint density at radius 2 is 2.15 bits per heavy atom. The van der Waals surface area contributed by atoms with Gasteiger partial charge in [0.15, 0.2) is 5.78 Å². The summed E-state index contributed by atoms with van der Waals surface area (Å²) < 4.78 is 0. The number of ketones is 1. The number of rotatable bonds is 4. The van der Waals surface area contributed by atoms with Crippen LogP contribution < -0.4 is 0 Å². The first-order chi connectivity index (χ1) is 6.29. The van der Waals surface area contributed by atoms with Gasteiger partial charge in [0.05, 0.1) is 0 Å². The standard InChI is InChI=1S/C12H14O/c1-3-7-10-8-5-6-9-11(10)12(13)4-2/h3,5-6,8-9H,1,4,7H2,2H3. The van der Waals surface area contributed by atoms with Crippen LogP contribution in [0.1, 0.15) is 29.3 Å². The van der Waals surface area contributed by atoms with Crippen LogP contribution in [0.15, 0.2) is 36.9 Å². The summed E-state index contributed by atoms with van der Waals surface area (Å²) in [6, 6.07) is 7.70. The number of hydrogen-bond acceptors (Lipinski definition) is 1. The average molecular weight is 174 g/mol. The van der Waals surface area contributed by atoms with E-state index in [9.17, 15) is 4.79 Å². The largest absolute Gasteiger partial charge is 0.294 e. The van der Waals surface area contributed by atoms with Crippen molar-refractivity contribution in [3.63, 3.8) is 0 Å². The molecule has 0 saturated heterocycles. The summed E-state index contributed by atoms with van der Waals surface area (Å²) >= 11 is 0. The SMILES string of the molecule is C=CCc1ccccc1C(=O)CC. The Hall–Kier alpha value is -1.37. The third kappa shape index (κ3) is 2.28. The van der Waals surface area contributed by atoms with Gasteiger partial charge in [-0.1, -0.05) is 37.3 Å². The fourth-order valence-corrected chi connectivity index (χ4v) is 1.32. The smallest absolute Gasteiger partial charge is 0.162 e. The molecule has 0 fully saturated rings. The van der Waals surface area contributed by atoms with Crippen LogP contribution in [0, 0.1) is 0 Å². The van der Waals surface area contributed by atoms with Crippen LogP contribution in [0.4, 0.5) is 0 Å². The van der Waals surface area contributed by atoms with E-state index in [1.807, 2.05) is 37.3 Å². The molecule has 1 rings (SSSR count). The minimum atomic E-state index is 0.206. The van der Waals surface area contributed by atoms with Gasteiger partial charge >= 0.3 is 0 Å². The summed E-state index contributed by atoms with van der Waals surface area (Å²) in [5.41, 5.74) is 1.91. The monoisotopic (exact) mass is 174 g/mol. The quantitative estimate of drug-likeness (QED) is 0.506. The number of allylic oxidation sites excluding steroid dienone is 1. The Morgan fingerprint density at radius 1 is 1.46 bits per heavy atom. The van der Waals surface area contributed by atoms with Gasteiger partial charge < -0.3 is 0 Å². The molecule has 0 aliphatic heterocycles. The molecule has 0 N–H and O–H groups in total. The maximum atomic E-state index is 11.5. The van der Waals surface area contributed by atoms with E-state index in [0.29, 0.717) is 6.42 Å².